The molecule has 2 nitrogen and oxygen atoms in total. The molecule has 108 valence electrons. The molecule has 0 N–H and O–H groups in total. The van der Waals surface area contributed by atoms with Gasteiger partial charge in [-0.05, 0) is 29.5 Å². The van der Waals surface area contributed by atoms with Crippen LogP contribution in [-0.4, -0.2) is 12.5 Å². The van der Waals surface area contributed by atoms with E-state index in [-0.39, 0.29) is 5.91 Å². The molecule has 0 spiro atoms. The van der Waals surface area contributed by atoms with Gasteiger partial charge in [-0.3, -0.25) is 4.79 Å². The highest BCUT2D eigenvalue weighted by Gasteiger charge is 2.30. The Morgan fingerprint density at radius 3 is 2.57 bits per heavy atom. The molecule has 0 bridgehead atoms. The molecule has 0 fully saturated rings. The molecule has 0 saturated carbocycles. The van der Waals surface area contributed by atoms with Gasteiger partial charge in [-0.15, -0.1) is 11.6 Å². The maximum absolute atomic E-state index is 12.8. The summed E-state index contributed by atoms with van der Waals surface area (Å²) >= 11 is 6.41. The molecular formula is C18H18ClNO. The Balaban J connectivity index is 1.91. The monoisotopic (exact) mass is 299 g/mol. The smallest absolute Gasteiger partial charge is 0.249 e. The maximum atomic E-state index is 12.8. The number of halogens is 1. The third kappa shape index (κ3) is 2.81. The summed E-state index contributed by atoms with van der Waals surface area (Å²) in [4.78, 5) is 14.6. The average Bonchev–Trinajstić information content (AvgIpc) is 2.53. The van der Waals surface area contributed by atoms with E-state index in [1.807, 2.05) is 53.4 Å². The van der Waals surface area contributed by atoms with Crippen LogP contribution in [0.3, 0.4) is 0 Å². The summed E-state index contributed by atoms with van der Waals surface area (Å²) in [7, 11) is 0. The SMILES string of the molecule is CC1Cc2ccccc2N(C(=O)C(Cl)c2ccccc2)C1. The van der Waals surface area contributed by atoms with Crippen molar-refractivity contribution >= 4 is 23.2 Å². The molecule has 21 heavy (non-hydrogen) atoms. The molecular weight excluding hydrogens is 282 g/mol. The van der Waals surface area contributed by atoms with Gasteiger partial charge in [0.05, 0.1) is 0 Å². The van der Waals surface area contributed by atoms with Gasteiger partial charge in [0.25, 0.3) is 0 Å². The van der Waals surface area contributed by atoms with Crippen molar-refractivity contribution in [2.45, 2.75) is 18.7 Å². The summed E-state index contributed by atoms with van der Waals surface area (Å²) in [6, 6.07) is 17.6. The maximum Gasteiger partial charge on any atom is 0.249 e. The number of para-hydroxylation sites is 1. The Morgan fingerprint density at radius 2 is 1.81 bits per heavy atom. The van der Waals surface area contributed by atoms with Crippen molar-refractivity contribution in [2.75, 3.05) is 11.4 Å². The molecule has 1 heterocycles. The summed E-state index contributed by atoms with van der Waals surface area (Å²) < 4.78 is 0. The Kier molecular flexibility index (Phi) is 3.98. The van der Waals surface area contributed by atoms with E-state index in [4.69, 9.17) is 11.6 Å². The van der Waals surface area contributed by atoms with Crippen molar-refractivity contribution in [1.82, 2.24) is 0 Å². The zero-order chi connectivity index (χ0) is 14.8. The zero-order valence-corrected chi connectivity index (χ0v) is 12.8. The van der Waals surface area contributed by atoms with E-state index in [1.54, 1.807) is 0 Å². The number of nitrogens with zero attached hydrogens (tertiary/aromatic N) is 1. The first-order valence-electron chi connectivity index (χ1n) is 7.25. The first kappa shape index (κ1) is 14.2. The molecule has 2 unspecified atom stereocenters. The van der Waals surface area contributed by atoms with Gasteiger partial charge in [0.15, 0.2) is 0 Å². The number of amides is 1. The lowest BCUT2D eigenvalue weighted by atomic mass is 9.93. The minimum Gasteiger partial charge on any atom is -0.310 e. The van der Waals surface area contributed by atoms with Gasteiger partial charge in [-0.25, -0.2) is 0 Å². The molecule has 2 atom stereocenters. The number of benzene rings is 2. The van der Waals surface area contributed by atoms with Gasteiger partial charge in [0, 0.05) is 12.2 Å². The number of hydrogen-bond donors (Lipinski definition) is 0. The molecule has 1 aliphatic rings. The van der Waals surface area contributed by atoms with Crippen LogP contribution in [0, 0.1) is 5.92 Å². The van der Waals surface area contributed by atoms with Crippen LogP contribution in [0.25, 0.3) is 0 Å². The van der Waals surface area contributed by atoms with E-state index < -0.39 is 5.38 Å². The lowest BCUT2D eigenvalue weighted by Crippen LogP contribution is -2.40. The summed E-state index contributed by atoms with van der Waals surface area (Å²) in [6.07, 6.45) is 1.01. The van der Waals surface area contributed by atoms with Crippen LogP contribution in [0.4, 0.5) is 5.69 Å². The van der Waals surface area contributed by atoms with Crippen LogP contribution in [0.1, 0.15) is 23.4 Å². The first-order chi connectivity index (χ1) is 10.2. The van der Waals surface area contributed by atoms with Crippen molar-refractivity contribution in [2.24, 2.45) is 5.92 Å². The predicted molar refractivity (Wildman–Crippen MR) is 86.7 cm³/mol. The highest BCUT2D eigenvalue weighted by Crippen LogP contribution is 2.33. The second-order valence-electron chi connectivity index (χ2n) is 5.66. The van der Waals surface area contributed by atoms with Gasteiger partial charge in [0.1, 0.15) is 5.38 Å². The Labute approximate surface area is 130 Å². The molecule has 1 aliphatic heterocycles. The molecule has 1 amide bonds. The molecule has 0 aliphatic carbocycles. The van der Waals surface area contributed by atoms with Crippen molar-refractivity contribution < 1.29 is 4.79 Å². The van der Waals surface area contributed by atoms with E-state index in [0.29, 0.717) is 5.92 Å². The van der Waals surface area contributed by atoms with Crippen LogP contribution >= 0.6 is 11.6 Å². The van der Waals surface area contributed by atoms with Crippen LogP contribution in [-0.2, 0) is 11.2 Å². The average molecular weight is 300 g/mol. The summed E-state index contributed by atoms with van der Waals surface area (Å²) in [5.74, 6) is 0.408. The molecule has 0 radical (unpaired) electrons. The molecule has 2 aromatic carbocycles. The van der Waals surface area contributed by atoms with Crippen molar-refractivity contribution in [3.63, 3.8) is 0 Å². The molecule has 0 aromatic heterocycles. The molecule has 3 heteroatoms. The quantitative estimate of drug-likeness (QED) is 0.761. The highest BCUT2D eigenvalue weighted by atomic mass is 35.5. The van der Waals surface area contributed by atoms with Gasteiger partial charge < -0.3 is 4.90 Å². The van der Waals surface area contributed by atoms with E-state index in [2.05, 4.69) is 13.0 Å². The fourth-order valence-corrected chi connectivity index (χ4v) is 3.17. The fraction of sp³-hybridized carbons (Fsp3) is 0.278. The largest absolute Gasteiger partial charge is 0.310 e. The number of rotatable bonds is 2. The van der Waals surface area contributed by atoms with E-state index in [9.17, 15) is 4.79 Å². The topological polar surface area (TPSA) is 20.3 Å². The second-order valence-corrected chi connectivity index (χ2v) is 6.10. The number of fused-ring (bicyclic) bond motifs is 1. The number of anilines is 1. The first-order valence-corrected chi connectivity index (χ1v) is 7.69. The zero-order valence-electron chi connectivity index (χ0n) is 12.0. The predicted octanol–water partition coefficient (Wildman–Crippen LogP) is 4.19. The molecule has 0 saturated heterocycles. The Hall–Kier alpha value is -1.80. The molecule has 2 aromatic rings. The van der Waals surface area contributed by atoms with E-state index in [0.717, 1.165) is 24.2 Å². The van der Waals surface area contributed by atoms with Crippen LogP contribution in [0.15, 0.2) is 54.6 Å². The van der Waals surface area contributed by atoms with Crippen molar-refractivity contribution in [1.29, 1.82) is 0 Å². The fourth-order valence-electron chi connectivity index (χ4n) is 2.91. The van der Waals surface area contributed by atoms with Gasteiger partial charge >= 0.3 is 0 Å². The number of carbonyl (C=O) groups is 1. The Morgan fingerprint density at radius 1 is 1.14 bits per heavy atom. The minimum absolute atomic E-state index is 0.0399. The van der Waals surface area contributed by atoms with Crippen LogP contribution < -0.4 is 4.90 Å². The third-order valence-corrected chi connectivity index (χ3v) is 4.36. The Bertz CT molecular complexity index is 641. The van der Waals surface area contributed by atoms with Gasteiger partial charge in [-0.2, -0.15) is 0 Å². The summed E-state index contributed by atoms with van der Waals surface area (Å²) in [5.41, 5.74) is 3.07. The number of hydrogen-bond acceptors (Lipinski definition) is 1. The lowest BCUT2D eigenvalue weighted by molar-refractivity contribution is -0.118. The van der Waals surface area contributed by atoms with Gasteiger partial charge in [-0.1, -0.05) is 55.5 Å². The number of alkyl halides is 1. The summed E-state index contributed by atoms with van der Waals surface area (Å²) in [6.45, 7) is 2.90. The highest BCUT2D eigenvalue weighted by molar-refractivity contribution is 6.32. The van der Waals surface area contributed by atoms with E-state index in [1.165, 1.54) is 5.56 Å². The van der Waals surface area contributed by atoms with Crippen LogP contribution in [0.5, 0.6) is 0 Å². The minimum atomic E-state index is -0.635. The van der Waals surface area contributed by atoms with Crippen molar-refractivity contribution in [3.8, 4) is 0 Å². The molecule has 3 rings (SSSR count). The van der Waals surface area contributed by atoms with Crippen LogP contribution in [0.2, 0.25) is 0 Å². The number of carbonyl (C=O) groups excluding carboxylic acids is 1. The second kappa shape index (κ2) is 5.90. The van der Waals surface area contributed by atoms with Gasteiger partial charge in [0.2, 0.25) is 5.91 Å². The summed E-state index contributed by atoms with van der Waals surface area (Å²) in [5, 5.41) is -0.635. The van der Waals surface area contributed by atoms with E-state index >= 15 is 0 Å². The standard InChI is InChI=1S/C18H18ClNO/c1-13-11-15-9-5-6-10-16(15)20(12-13)18(21)17(19)14-7-3-2-4-8-14/h2-10,13,17H,11-12H2,1H3. The van der Waals surface area contributed by atoms with Crippen molar-refractivity contribution in [3.05, 3.63) is 65.7 Å². The lowest BCUT2D eigenvalue weighted by Gasteiger charge is -2.34. The third-order valence-electron chi connectivity index (χ3n) is 3.92. The normalized spacial score (nSPS) is 19.0.